The summed E-state index contributed by atoms with van der Waals surface area (Å²) >= 11 is 0. The highest BCUT2D eigenvalue weighted by molar-refractivity contribution is 5.73. The SMILES string of the molecule is CC(C)[C@H]([NH3+])C(=O)O.CC(C)[C@H]([NH3+])C(=O)O.O=C([O-])CCC(=O)[O-]. The third-order valence-corrected chi connectivity index (χ3v) is 2.78. The normalized spacial score (nSPS) is 12.2. The van der Waals surface area contributed by atoms with E-state index >= 15 is 0 Å². The molecule has 0 saturated carbocycles. The molecule has 0 bridgehead atoms. The van der Waals surface area contributed by atoms with Gasteiger partial charge in [0.25, 0.3) is 0 Å². The van der Waals surface area contributed by atoms with Crippen molar-refractivity contribution in [2.75, 3.05) is 0 Å². The van der Waals surface area contributed by atoms with E-state index in [-0.39, 0.29) is 11.8 Å². The van der Waals surface area contributed by atoms with E-state index in [9.17, 15) is 29.4 Å². The molecule has 24 heavy (non-hydrogen) atoms. The molecular weight excluding hydrogens is 324 g/mol. The first-order chi connectivity index (χ1) is 10.7. The number of hydrogen-bond acceptors (Lipinski definition) is 6. The van der Waals surface area contributed by atoms with E-state index in [0.717, 1.165) is 0 Å². The lowest BCUT2D eigenvalue weighted by Crippen LogP contribution is -2.67. The number of carboxylic acids is 4. The molecule has 0 spiro atoms. The molecule has 8 N–H and O–H groups in total. The largest absolute Gasteiger partial charge is 0.550 e. The van der Waals surface area contributed by atoms with Crippen LogP contribution in [0.25, 0.3) is 0 Å². The Morgan fingerprint density at radius 2 is 0.958 bits per heavy atom. The topological polar surface area (TPSA) is 210 Å². The predicted molar refractivity (Wildman–Crippen MR) is 77.5 cm³/mol. The van der Waals surface area contributed by atoms with E-state index in [0.29, 0.717) is 0 Å². The average molecular weight is 352 g/mol. The van der Waals surface area contributed by atoms with Gasteiger partial charge in [-0.2, -0.15) is 0 Å². The van der Waals surface area contributed by atoms with Gasteiger partial charge in [-0.05, 0) is 12.8 Å². The molecule has 0 fully saturated rings. The second kappa shape index (κ2) is 14.4. The first-order valence-corrected chi connectivity index (χ1v) is 7.25. The number of rotatable bonds is 7. The molecule has 142 valence electrons. The number of aliphatic carboxylic acids is 4. The molecule has 10 heteroatoms. The van der Waals surface area contributed by atoms with Gasteiger partial charge in [-0.1, -0.05) is 27.7 Å². The Morgan fingerprint density at radius 3 is 1.00 bits per heavy atom. The minimum Gasteiger partial charge on any atom is -0.550 e. The monoisotopic (exact) mass is 352 g/mol. The van der Waals surface area contributed by atoms with E-state index in [2.05, 4.69) is 11.5 Å². The van der Waals surface area contributed by atoms with Crippen LogP contribution in [0.5, 0.6) is 0 Å². The highest BCUT2D eigenvalue weighted by Crippen LogP contribution is 1.94. The minimum absolute atomic E-state index is 0.132. The number of carboxylic acid groups (broad SMARTS) is 4. The minimum atomic E-state index is -1.37. The standard InChI is InChI=1S/2C5H11NO2.C4H6O4/c2*1-3(2)4(6)5(7)8;5-3(6)1-2-4(7)8/h2*3-4H,6H2,1-2H3,(H,7,8);1-2H2,(H,5,6)(H,7,8)/t2*4-;/m00./s1. The Kier molecular flexibility index (Phi) is 16.0. The van der Waals surface area contributed by atoms with Gasteiger partial charge in [0.15, 0.2) is 12.1 Å². The summed E-state index contributed by atoms with van der Waals surface area (Å²) in [6, 6.07) is -0.926. The summed E-state index contributed by atoms with van der Waals surface area (Å²) in [4.78, 5) is 39.2. The van der Waals surface area contributed by atoms with Crippen LogP contribution in [0.15, 0.2) is 0 Å². The highest BCUT2D eigenvalue weighted by Gasteiger charge is 2.19. The molecule has 0 aliphatic heterocycles. The molecule has 0 heterocycles. The lowest BCUT2D eigenvalue weighted by atomic mass is 10.1. The zero-order valence-electron chi connectivity index (χ0n) is 14.5. The van der Waals surface area contributed by atoms with Crippen molar-refractivity contribution in [2.45, 2.75) is 52.6 Å². The Balaban J connectivity index is -0.000000276. The average Bonchev–Trinajstić information content (AvgIpc) is 2.44. The molecule has 0 amide bonds. The number of hydrogen-bond donors (Lipinski definition) is 4. The molecule has 0 aliphatic carbocycles. The predicted octanol–water partition coefficient (Wildman–Crippen LogP) is -4.06. The van der Waals surface area contributed by atoms with Crippen molar-refractivity contribution in [3.05, 3.63) is 0 Å². The van der Waals surface area contributed by atoms with Crippen LogP contribution in [-0.2, 0) is 19.2 Å². The molecule has 0 aromatic heterocycles. The second-order valence-electron chi connectivity index (χ2n) is 5.62. The summed E-state index contributed by atoms with van der Waals surface area (Å²) < 4.78 is 0. The molecule has 10 nitrogen and oxygen atoms in total. The lowest BCUT2D eigenvalue weighted by Gasteiger charge is -2.04. The second-order valence-corrected chi connectivity index (χ2v) is 5.62. The van der Waals surface area contributed by atoms with Crippen molar-refractivity contribution >= 4 is 23.9 Å². The maximum Gasteiger partial charge on any atom is 0.362 e. The van der Waals surface area contributed by atoms with Crippen molar-refractivity contribution in [3.63, 3.8) is 0 Å². The van der Waals surface area contributed by atoms with E-state index in [1.54, 1.807) is 0 Å². The maximum absolute atomic E-state index is 10.1. The summed E-state index contributed by atoms with van der Waals surface area (Å²) in [6.45, 7) is 7.36. The van der Waals surface area contributed by atoms with Gasteiger partial charge in [0.2, 0.25) is 0 Å². The van der Waals surface area contributed by atoms with Crippen LogP contribution in [0.2, 0.25) is 0 Å². The molecule has 2 atom stereocenters. The molecule has 0 aromatic rings. The first kappa shape index (κ1) is 26.7. The van der Waals surface area contributed by atoms with Crippen molar-refractivity contribution in [3.8, 4) is 0 Å². The van der Waals surface area contributed by atoms with Crippen LogP contribution >= 0.6 is 0 Å². The molecule has 0 saturated heterocycles. The van der Waals surface area contributed by atoms with Crippen LogP contribution in [0.1, 0.15) is 40.5 Å². The van der Waals surface area contributed by atoms with E-state index < -0.39 is 48.8 Å². The Morgan fingerprint density at radius 1 is 0.750 bits per heavy atom. The summed E-state index contributed by atoms with van der Waals surface area (Å²) in [5.41, 5.74) is 6.88. The van der Waals surface area contributed by atoms with E-state index in [4.69, 9.17) is 10.2 Å². The van der Waals surface area contributed by atoms with Gasteiger partial charge in [-0.25, -0.2) is 9.59 Å². The van der Waals surface area contributed by atoms with Crippen molar-refractivity contribution in [1.82, 2.24) is 0 Å². The first-order valence-electron chi connectivity index (χ1n) is 7.25. The van der Waals surface area contributed by atoms with Crippen molar-refractivity contribution in [1.29, 1.82) is 0 Å². The Hall–Kier alpha value is -2.20. The van der Waals surface area contributed by atoms with Crippen LogP contribution in [0, 0.1) is 11.8 Å². The fourth-order valence-electron chi connectivity index (χ4n) is 0.774. The molecule has 0 radical (unpaired) electrons. The fourth-order valence-corrected chi connectivity index (χ4v) is 0.774. The van der Waals surface area contributed by atoms with Crippen LogP contribution in [-0.4, -0.2) is 46.2 Å². The van der Waals surface area contributed by atoms with Gasteiger partial charge in [-0.3, -0.25) is 0 Å². The third-order valence-electron chi connectivity index (χ3n) is 2.78. The van der Waals surface area contributed by atoms with Crippen LogP contribution in [0.3, 0.4) is 0 Å². The molecule has 0 rings (SSSR count). The fraction of sp³-hybridized carbons (Fsp3) is 0.714. The van der Waals surface area contributed by atoms with Gasteiger partial charge < -0.3 is 41.5 Å². The van der Waals surface area contributed by atoms with Gasteiger partial charge in [0.05, 0.1) is 0 Å². The van der Waals surface area contributed by atoms with Gasteiger partial charge in [0, 0.05) is 23.8 Å². The van der Waals surface area contributed by atoms with Gasteiger partial charge >= 0.3 is 11.9 Å². The molecule has 0 unspecified atom stereocenters. The summed E-state index contributed by atoms with van der Waals surface area (Å²) in [6.07, 6.45) is -0.940. The van der Waals surface area contributed by atoms with E-state index in [1.807, 2.05) is 27.7 Å². The number of carbonyl (C=O) groups excluding carboxylic acids is 2. The number of carbonyl (C=O) groups is 4. The lowest BCUT2D eigenvalue weighted by molar-refractivity contribution is -0.418. The van der Waals surface area contributed by atoms with E-state index in [1.165, 1.54) is 0 Å². The summed E-state index contributed by atoms with van der Waals surface area (Å²) in [7, 11) is 0. The zero-order chi connectivity index (χ0) is 20.0. The van der Waals surface area contributed by atoms with Gasteiger partial charge in [0.1, 0.15) is 0 Å². The molecule has 0 aromatic carbocycles. The van der Waals surface area contributed by atoms with Crippen LogP contribution in [0.4, 0.5) is 0 Å². The van der Waals surface area contributed by atoms with Crippen molar-refractivity contribution < 1.29 is 51.1 Å². The zero-order valence-corrected chi connectivity index (χ0v) is 14.5. The number of quaternary nitrogens is 2. The Bertz CT molecular complexity index is 372. The molecule has 0 aliphatic rings. The van der Waals surface area contributed by atoms with Crippen LogP contribution < -0.4 is 21.7 Å². The smallest absolute Gasteiger partial charge is 0.362 e. The maximum atomic E-state index is 10.1. The Labute approximate surface area is 140 Å². The van der Waals surface area contributed by atoms with Crippen molar-refractivity contribution in [2.24, 2.45) is 11.8 Å². The highest BCUT2D eigenvalue weighted by atomic mass is 16.4. The summed E-state index contributed by atoms with van der Waals surface area (Å²) in [5.74, 6) is -4.11. The van der Waals surface area contributed by atoms with Gasteiger partial charge in [-0.15, -0.1) is 0 Å². The quantitative estimate of drug-likeness (QED) is 0.353. The molecular formula is C14H28N2O8. The third kappa shape index (κ3) is 19.8. The summed E-state index contributed by atoms with van der Waals surface area (Å²) in [5, 5.41) is 35.6.